The van der Waals surface area contributed by atoms with E-state index in [4.69, 9.17) is 4.74 Å². The number of amides is 1. The maximum atomic E-state index is 13.0. The van der Waals surface area contributed by atoms with Crippen molar-refractivity contribution in [3.8, 4) is 17.6 Å². The number of hydrogen-bond donors (Lipinski definition) is 3. The minimum atomic E-state index is -3.43. The first-order valence-corrected chi connectivity index (χ1v) is 15.3. The van der Waals surface area contributed by atoms with Gasteiger partial charge in [-0.25, -0.2) is 0 Å². The number of likely N-dealkylation sites (N-methyl/N-ethyl adjacent to an activating group) is 1. The highest BCUT2D eigenvalue weighted by atomic mass is 32.3. The average molecular weight is 556 g/mol. The monoisotopic (exact) mass is 555 g/mol. The molecule has 0 spiro atoms. The highest BCUT2D eigenvalue weighted by Gasteiger charge is 2.38. The van der Waals surface area contributed by atoms with E-state index in [9.17, 15) is 19.0 Å². The first-order valence-electron chi connectivity index (χ1n) is 13.8. The van der Waals surface area contributed by atoms with Gasteiger partial charge in [-0.05, 0) is 55.7 Å². The molecule has 212 valence electrons. The molecule has 4 rings (SSSR count). The van der Waals surface area contributed by atoms with E-state index in [0.717, 1.165) is 24.0 Å². The molecule has 2 heterocycles. The van der Waals surface area contributed by atoms with Crippen LogP contribution in [0.5, 0.6) is 5.75 Å². The molecule has 1 amide bonds. The number of aliphatic hydroxyl groups is 1. The number of carbonyl (C=O) groups is 1. The quantitative estimate of drug-likeness (QED) is 0.439. The summed E-state index contributed by atoms with van der Waals surface area (Å²) in [5.74, 6) is 7.19. The summed E-state index contributed by atoms with van der Waals surface area (Å²) in [7, 11) is -1.68. The predicted molar refractivity (Wildman–Crippen MR) is 153 cm³/mol. The van der Waals surface area contributed by atoms with E-state index in [1.807, 2.05) is 19.1 Å². The molecule has 8 nitrogen and oxygen atoms in total. The van der Waals surface area contributed by atoms with Crippen molar-refractivity contribution in [2.24, 2.45) is 11.8 Å². The normalized spacial score (nSPS) is 23.1. The van der Waals surface area contributed by atoms with Crippen LogP contribution in [0.2, 0.25) is 0 Å². The summed E-state index contributed by atoms with van der Waals surface area (Å²) in [5, 5.41) is 9.92. The molecule has 1 aromatic carbocycles. The zero-order chi connectivity index (χ0) is 28.0. The second-order valence-corrected chi connectivity index (χ2v) is 12.8. The molecule has 1 saturated carbocycles. The Bertz CT molecular complexity index is 1180. The molecular weight excluding hydrogens is 514 g/mol. The fourth-order valence-electron chi connectivity index (χ4n) is 5.17. The lowest BCUT2D eigenvalue weighted by molar-refractivity contribution is -0.130. The van der Waals surface area contributed by atoms with Crippen LogP contribution >= 0.6 is 10.8 Å². The zero-order valence-corrected chi connectivity index (χ0v) is 23.9. The Morgan fingerprint density at radius 3 is 2.62 bits per heavy atom. The van der Waals surface area contributed by atoms with Gasteiger partial charge in [-0.3, -0.25) is 18.9 Å². The van der Waals surface area contributed by atoms with Crippen molar-refractivity contribution in [3.05, 3.63) is 53.9 Å². The fraction of sp³-hybridized carbons (Fsp3) is 0.533. The Hall–Kier alpha value is -2.61. The summed E-state index contributed by atoms with van der Waals surface area (Å²) in [6.45, 7) is 4.12. The molecule has 1 aliphatic heterocycles. The topological polar surface area (TPSA) is 106 Å². The van der Waals surface area contributed by atoms with Gasteiger partial charge in [0.25, 0.3) is 0 Å². The number of ether oxygens (including phenoxy) is 1. The van der Waals surface area contributed by atoms with Crippen LogP contribution in [0.4, 0.5) is 0 Å². The van der Waals surface area contributed by atoms with E-state index in [1.54, 1.807) is 53.8 Å². The molecule has 3 N–H and O–H groups in total. The van der Waals surface area contributed by atoms with Gasteiger partial charge in [0.2, 0.25) is 5.91 Å². The molecule has 9 heteroatoms. The maximum absolute atomic E-state index is 13.0. The first-order chi connectivity index (χ1) is 18.7. The number of pyridine rings is 1. The molecule has 39 heavy (non-hydrogen) atoms. The van der Waals surface area contributed by atoms with Gasteiger partial charge in [-0.1, -0.05) is 38.0 Å². The van der Waals surface area contributed by atoms with Crippen molar-refractivity contribution in [3.63, 3.8) is 0 Å². The molecule has 1 fully saturated rings. The summed E-state index contributed by atoms with van der Waals surface area (Å²) in [5.41, 5.74) is 1.64. The molecule has 1 aliphatic carbocycles. The Balaban J connectivity index is 1.62. The number of carbonyl (C=O) groups excluding carboxylic acids is 1. The SMILES string of the molecule is C[C@@H]1CN([C@@H](C)CO)S(O)(O)c2ccc(C#CC3CCCCC3)cc2O[C@H]1CN(C)C(=O)Cc1ccncc1. The third kappa shape index (κ3) is 7.33. The van der Waals surface area contributed by atoms with Crippen LogP contribution < -0.4 is 4.74 Å². The van der Waals surface area contributed by atoms with Gasteiger partial charge in [0.1, 0.15) is 16.7 Å². The van der Waals surface area contributed by atoms with E-state index >= 15 is 0 Å². The van der Waals surface area contributed by atoms with E-state index in [0.29, 0.717) is 18.2 Å². The van der Waals surface area contributed by atoms with E-state index in [2.05, 4.69) is 16.8 Å². The highest BCUT2D eigenvalue weighted by molar-refractivity contribution is 8.22. The molecule has 3 atom stereocenters. The number of benzene rings is 1. The van der Waals surface area contributed by atoms with Crippen LogP contribution in [-0.4, -0.2) is 73.2 Å². The zero-order valence-electron chi connectivity index (χ0n) is 23.1. The van der Waals surface area contributed by atoms with Gasteiger partial charge >= 0.3 is 0 Å². The molecule has 1 aromatic heterocycles. The maximum Gasteiger partial charge on any atom is 0.226 e. The molecule has 0 saturated heterocycles. The van der Waals surface area contributed by atoms with E-state index < -0.39 is 22.9 Å². The molecule has 0 unspecified atom stereocenters. The van der Waals surface area contributed by atoms with Crippen molar-refractivity contribution < 1.29 is 23.7 Å². The van der Waals surface area contributed by atoms with Crippen molar-refractivity contribution in [2.75, 3.05) is 26.7 Å². The second-order valence-electron chi connectivity index (χ2n) is 10.9. The van der Waals surface area contributed by atoms with Crippen LogP contribution in [0.15, 0.2) is 47.6 Å². The van der Waals surface area contributed by atoms with Gasteiger partial charge in [0, 0.05) is 49.4 Å². The van der Waals surface area contributed by atoms with Crippen LogP contribution in [0, 0.1) is 23.7 Å². The number of fused-ring (bicyclic) bond motifs is 1. The average Bonchev–Trinajstić information content (AvgIpc) is 2.94. The summed E-state index contributed by atoms with van der Waals surface area (Å²) in [4.78, 5) is 19.0. The Labute approximate surface area is 233 Å². The van der Waals surface area contributed by atoms with E-state index in [-0.39, 0.29) is 36.3 Å². The summed E-state index contributed by atoms with van der Waals surface area (Å²) in [6.07, 6.45) is 9.09. The standard InChI is InChI=1S/C30H41N3O5S/c1-22-19-33(23(2)21-34)39(36,37)29-12-11-25(10-9-24-7-5-4-6-8-24)17-27(29)38-28(22)20-32(3)30(35)18-26-13-15-31-16-14-26/h11-17,22-24,28,34,36-37H,4-8,18-21H2,1-3H3/t22-,23+,28+/m1/s1. The lowest BCUT2D eigenvalue weighted by atomic mass is 9.90. The third-order valence-electron chi connectivity index (χ3n) is 7.71. The van der Waals surface area contributed by atoms with Crippen molar-refractivity contribution in [1.29, 1.82) is 0 Å². The summed E-state index contributed by atoms with van der Waals surface area (Å²) in [6, 6.07) is 8.43. The minimum absolute atomic E-state index is 0.0451. The molecule has 2 aliphatic rings. The second kappa shape index (κ2) is 13.2. The lowest BCUT2D eigenvalue weighted by Gasteiger charge is -2.49. The number of nitrogens with zero attached hydrogens (tertiary/aromatic N) is 3. The van der Waals surface area contributed by atoms with Crippen molar-refractivity contribution in [1.82, 2.24) is 14.2 Å². The van der Waals surface area contributed by atoms with Gasteiger partial charge in [0.15, 0.2) is 0 Å². The number of hydrogen-bond acceptors (Lipinski definition) is 7. The van der Waals surface area contributed by atoms with Gasteiger partial charge in [-0.2, -0.15) is 4.31 Å². The third-order valence-corrected chi connectivity index (χ3v) is 9.80. The van der Waals surface area contributed by atoms with Crippen molar-refractivity contribution >= 4 is 16.7 Å². The van der Waals surface area contributed by atoms with Crippen LogP contribution in [0.25, 0.3) is 0 Å². The lowest BCUT2D eigenvalue weighted by Crippen LogP contribution is -2.48. The number of rotatable bonds is 6. The molecule has 0 radical (unpaired) electrons. The van der Waals surface area contributed by atoms with Gasteiger partial charge < -0.3 is 14.7 Å². The largest absolute Gasteiger partial charge is 0.486 e. The van der Waals surface area contributed by atoms with Crippen LogP contribution in [-0.2, 0) is 11.2 Å². The Morgan fingerprint density at radius 2 is 1.92 bits per heavy atom. The molecular formula is C30H41N3O5S. The number of aromatic nitrogens is 1. The van der Waals surface area contributed by atoms with Gasteiger partial charge in [0.05, 0.1) is 19.6 Å². The minimum Gasteiger partial charge on any atom is -0.486 e. The first kappa shape index (κ1) is 29.4. The predicted octanol–water partition coefficient (Wildman–Crippen LogP) is 4.82. The van der Waals surface area contributed by atoms with E-state index in [1.165, 1.54) is 19.3 Å². The van der Waals surface area contributed by atoms with Gasteiger partial charge in [-0.15, -0.1) is 10.8 Å². The van der Waals surface area contributed by atoms with Crippen LogP contribution in [0.3, 0.4) is 0 Å². The Kier molecular flexibility index (Phi) is 9.91. The smallest absolute Gasteiger partial charge is 0.226 e. The molecule has 0 bridgehead atoms. The highest BCUT2D eigenvalue weighted by Crippen LogP contribution is 2.57. The summed E-state index contributed by atoms with van der Waals surface area (Å²) < 4.78 is 30.9. The van der Waals surface area contributed by atoms with Crippen molar-refractivity contribution in [2.45, 2.75) is 69.4 Å². The number of aliphatic hydroxyl groups excluding tert-OH is 1. The van der Waals surface area contributed by atoms with Crippen LogP contribution in [0.1, 0.15) is 57.1 Å². The molecule has 2 aromatic rings. The summed E-state index contributed by atoms with van der Waals surface area (Å²) >= 11 is 0. The fourth-order valence-corrected chi connectivity index (χ4v) is 7.06. The Morgan fingerprint density at radius 1 is 1.21 bits per heavy atom.